The van der Waals surface area contributed by atoms with Crippen LogP contribution in [0.3, 0.4) is 0 Å². The van der Waals surface area contributed by atoms with E-state index in [9.17, 15) is 13.2 Å². The number of sulfonamides is 1. The fourth-order valence-corrected chi connectivity index (χ4v) is 2.80. The Kier molecular flexibility index (Phi) is 2.96. The van der Waals surface area contributed by atoms with E-state index in [-0.39, 0.29) is 11.3 Å². The van der Waals surface area contributed by atoms with Gasteiger partial charge in [-0.05, 0) is 29.8 Å². The average molecular weight is 305 g/mol. The number of benzene rings is 2. The van der Waals surface area contributed by atoms with Crippen LogP contribution in [0, 0.1) is 0 Å². The molecule has 1 heterocycles. The number of furan rings is 1. The van der Waals surface area contributed by atoms with Crippen LogP contribution in [-0.2, 0) is 21.2 Å². The lowest BCUT2D eigenvalue weighted by atomic mass is 10.1. The second kappa shape index (κ2) is 4.57. The summed E-state index contributed by atoms with van der Waals surface area (Å²) in [5.74, 6) is -0.929. The molecule has 0 radical (unpaired) electrons. The van der Waals surface area contributed by atoms with E-state index in [0.29, 0.717) is 27.5 Å². The van der Waals surface area contributed by atoms with Crippen molar-refractivity contribution in [1.29, 1.82) is 0 Å². The Morgan fingerprint density at radius 2 is 1.86 bits per heavy atom. The van der Waals surface area contributed by atoms with Crippen molar-refractivity contribution in [2.75, 3.05) is 0 Å². The molecule has 0 aliphatic heterocycles. The molecule has 0 fully saturated rings. The van der Waals surface area contributed by atoms with Gasteiger partial charge in [-0.1, -0.05) is 12.1 Å². The van der Waals surface area contributed by atoms with Crippen LogP contribution >= 0.6 is 0 Å². The van der Waals surface area contributed by atoms with Crippen molar-refractivity contribution in [2.45, 2.75) is 11.3 Å². The number of nitrogens with two attached hydrogens (primary N) is 1. The summed E-state index contributed by atoms with van der Waals surface area (Å²) in [5, 5.41) is 15.2. The summed E-state index contributed by atoms with van der Waals surface area (Å²) >= 11 is 0. The minimum atomic E-state index is -3.78. The maximum Gasteiger partial charge on any atom is 0.307 e. The Bertz CT molecular complexity index is 972. The van der Waals surface area contributed by atoms with Crippen LogP contribution in [0.1, 0.15) is 5.56 Å². The number of rotatable bonds is 3. The number of carboxylic acids is 1. The highest BCUT2D eigenvalue weighted by molar-refractivity contribution is 7.89. The number of aliphatic carboxylic acids is 1. The van der Waals surface area contributed by atoms with Crippen molar-refractivity contribution in [1.82, 2.24) is 0 Å². The molecular formula is C14H11NO5S. The lowest BCUT2D eigenvalue weighted by Gasteiger charge is -1.98. The number of hydrogen-bond acceptors (Lipinski definition) is 4. The Morgan fingerprint density at radius 3 is 2.52 bits per heavy atom. The molecule has 0 aliphatic rings. The quantitative estimate of drug-likeness (QED) is 0.767. The van der Waals surface area contributed by atoms with Gasteiger partial charge in [-0.25, -0.2) is 13.6 Å². The molecule has 2 aromatic carbocycles. The van der Waals surface area contributed by atoms with E-state index < -0.39 is 16.0 Å². The fraction of sp³-hybridized carbons (Fsp3) is 0.0714. The summed E-state index contributed by atoms with van der Waals surface area (Å²) in [6, 6.07) is 9.39. The first-order valence-electron chi connectivity index (χ1n) is 6.04. The third kappa shape index (κ3) is 2.48. The van der Waals surface area contributed by atoms with E-state index in [4.69, 9.17) is 14.7 Å². The summed E-state index contributed by atoms with van der Waals surface area (Å²) in [5.41, 5.74) is 1.64. The van der Waals surface area contributed by atoms with Crippen molar-refractivity contribution >= 4 is 37.9 Å². The molecule has 3 aromatic rings. The molecule has 3 rings (SSSR count). The number of carboxylic acid groups (broad SMARTS) is 1. The average Bonchev–Trinajstić information content (AvgIpc) is 2.73. The van der Waals surface area contributed by atoms with Gasteiger partial charge < -0.3 is 9.52 Å². The molecule has 1 aromatic heterocycles. The standard InChI is InChI=1S/C14H11NO5S/c15-21(18,19)9-2-4-12-11(7-9)10-3-1-8(6-14(16)17)5-13(10)20-12/h1-5,7H,6H2,(H,16,17)(H2,15,18,19). The first-order valence-corrected chi connectivity index (χ1v) is 7.59. The van der Waals surface area contributed by atoms with Gasteiger partial charge in [-0.15, -0.1) is 0 Å². The van der Waals surface area contributed by atoms with Crippen molar-refractivity contribution in [3.63, 3.8) is 0 Å². The van der Waals surface area contributed by atoms with Gasteiger partial charge in [-0.2, -0.15) is 0 Å². The normalized spacial score (nSPS) is 12.0. The molecule has 0 amide bonds. The zero-order valence-corrected chi connectivity index (χ0v) is 11.6. The molecular weight excluding hydrogens is 294 g/mol. The van der Waals surface area contributed by atoms with Gasteiger partial charge in [0.05, 0.1) is 11.3 Å². The summed E-state index contributed by atoms with van der Waals surface area (Å²) in [4.78, 5) is 10.7. The smallest absolute Gasteiger partial charge is 0.307 e. The minimum absolute atomic E-state index is 0.00677. The van der Waals surface area contributed by atoms with Crippen molar-refractivity contribution in [3.8, 4) is 0 Å². The lowest BCUT2D eigenvalue weighted by molar-refractivity contribution is -0.136. The molecule has 3 N–H and O–H groups in total. The Morgan fingerprint density at radius 1 is 1.10 bits per heavy atom. The molecule has 0 saturated carbocycles. The molecule has 0 bridgehead atoms. The van der Waals surface area contributed by atoms with Gasteiger partial charge in [0.1, 0.15) is 11.2 Å². The summed E-state index contributed by atoms with van der Waals surface area (Å²) in [7, 11) is -3.78. The van der Waals surface area contributed by atoms with Gasteiger partial charge in [0.25, 0.3) is 0 Å². The predicted molar refractivity (Wildman–Crippen MR) is 76.4 cm³/mol. The van der Waals surface area contributed by atoms with E-state index in [2.05, 4.69) is 0 Å². The van der Waals surface area contributed by atoms with Crippen LogP contribution in [0.4, 0.5) is 0 Å². The van der Waals surface area contributed by atoms with Crippen molar-refractivity contribution < 1.29 is 22.7 Å². The van der Waals surface area contributed by atoms with Crippen LogP contribution in [0.5, 0.6) is 0 Å². The van der Waals surface area contributed by atoms with Gasteiger partial charge in [0.15, 0.2) is 0 Å². The molecule has 0 unspecified atom stereocenters. The largest absolute Gasteiger partial charge is 0.481 e. The molecule has 0 saturated heterocycles. The number of fused-ring (bicyclic) bond motifs is 3. The molecule has 0 spiro atoms. The van der Waals surface area contributed by atoms with E-state index >= 15 is 0 Å². The second-order valence-corrected chi connectivity index (χ2v) is 6.27. The SMILES string of the molecule is NS(=O)(=O)c1ccc2oc3cc(CC(=O)O)ccc3c2c1. The van der Waals surface area contributed by atoms with Crippen LogP contribution in [0.15, 0.2) is 45.7 Å². The van der Waals surface area contributed by atoms with Gasteiger partial charge >= 0.3 is 5.97 Å². The molecule has 0 atom stereocenters. The molecule has 108 valence electrons. The zero-order chi connectivity index (χ0) is 15.2. The highest BCUT2D eigenvalue weighted by Crippen LogP contribution is 2.31. The van der Waals surface area contributed by atoms with Crippen LogP contribution in [0.25, 0.3) is 21.9 Å². The summed E-state index contributed by atoms with van der Waals surface area (Å²) < 4.78 is 28.4. The summed E-state index contributed by atoms with van der Waals surface area (Å²) in [6.07, 6.45) is -0.102. The Balaban J connectivity index is 2.23. The third-order valence-corrected chi connectivity index (χ3v) is 4.10. The summed E-state index contributed by atoms with van der Waals surface area (Å²) in [6.45, 7) is 0. The first-order chi connectivity index (χ1) is 9.84. The highest BCUT2D eigenvalue weighted by atomic mass is 32.2. The van der Waals surface area contributed by atoms with E-state index in [1.54, 1.807) is 18.2 Å². The van der Waals surface area contributed by atoms with Gasteiger partial charge in [-0.3, -0.25) is 4.79 Å². The topological polar surface area (TPSA) is 111 Å². The highest BCUT2D eigenvalue weighted by Gasteiger charge is 2.13. The number of hydrogen-bond donors (Lipinski definition) is 2. The van der Waals surface area contributed by atoms with E-state index in [1.807, 2.05) is 0 Å². The van der Waals surface area contributed by atoms with Crippen molar-refractivity contribution in [3.05, 3.63) is 42.0 Å². The van der Waals surface area contributed by atoms with Gasteiger partial charge in [0.2, 0.25) is 10.0 Å². The monoisotopic (exact) mass is 305 g/mol. The maximum atomic E-state index is 11.4. The number of carbonyl (C=O) groups is 1. The maximum absolute atomic E-state index is 11.4. The minimum Gasteiger partial charge on any atom is -0.481 e. The van der Waals surface area contributed by atoms with Gasteiger partial charge in [0, 0.05) is 10.8 Å². The van der Waals surface area contributed by atoms with Crippen LogP contribution in [-0.4, -0.2) is 19.5 Å². The molecule has 0 aliphatic carbocycles. The molecule has 7 heteroatoms. The Hall–Kier alpha value is -2.38. The lowest BCUT2D eigenvalue weighted by Crippen LogP contribution is -2.11. The fourth-order valence-electron chi connectivity index (χ4n) is 2.26. The Labute approximate surface area is 119 Å². The first kappa shape index (κ1) is 13.6. The van der Waals surface area contributed by atoms with Crippen LogP contribution in [0.2, 0.25) is 0 Å². The predicted octanol–water partition coefficient (Wildman–Crippen LogP) is 1.86. The molecule has 21 heavy (non-hydrogen) atoms. The zero-order valence-electron chi connectivity index (χ0n) is 10.7. The third-order valence-electron chi connectivity index (χ3n) is 3.19. The van der Waals surface area contributed by atoms with E-state index in [1.165, 1.54) is 18.2 Å². The van der Waals surface area contributed by atoms with Crippen LogP contribution < -0.4 is 5.14 Å². The molecule has 6 nitrogen and oxygen atoms in total. The van der Waals surface area contributed by atoms with Crippen molar-refractivity contribution in [2.24, 2.45) is 5.14 Å². The van der Waals surface area contributed by atoms with E-state index in [0.717, 1.165) is 0 Å². The number of primary sulfonamides is 1. The second-order valence-electron chi connectivity index (χ2n) is 4.71.